The van der Waals surface area contributed by atoms with E-state index in [4.69, 9.17) is 4.84 Å². The van der Waals surface area contributed by atoms with Gasteiger partial charge in [0.15, 0.2) is 0 Å². The fraction of sp³-hybridized carbons (Fsp3) is 0.250. The summed E-state index contributed by atoms with van der Waals surface area (Å²) in [7, 11) is 1.95. The summed E-state index contributed by atoms with van der Waals surface area (Å²) in [4.78, 5) is 10.4. The van der Waals surface area contributed by atoms with Gasteiger partial charge in [-0.15, -0.1) is 0 Å². The molecular weight excluding hydrogens is 317 g/mol. The van der Waals surface area contributed by atoms with Crippen LogP contribution >= 0.6 is 0 Å². The Bertz CT molecular complexity index is 820. The topological polar surface area (TPSA) is 30.3 Å². The summed E-state index contributed by atoms with van der Waals surface area (Å²) >= 11 is 0. The molecule has 128 valence electrons. The lowest BCUT2D eigenvalue weighted by Crippen LogP contribution is -2.41. The lowest BCUT2D eigenvalue weighted by Gasteiger charge is -2.34. The molecule has 4 nitrogen and oxygen atoms in total. The average molecular weight is 337 g/mol. The van der Waals surface area contributed by atoms with Crippen LogP contribution < -0.4 is 0 Å². The monoisotopic (exact) mass is 337 g/mol. The van der Waals surface area contributed by atoms with Gasteiger partial charge in [0.2, 0.25) is 0 Å². The molecule has 3 aromatic rings. The van der Waals surface area contributed by atoms with Crippen molar-refractivity contribution in [3.63, 3.8) is 0 Å². The van der Waals surface area contributed by atoms with Crippen molar-refractivity contribution in [3.05, 3.63) is 90.3 Å². The molecule has 25 heavy (non-hydrogen) atoms. The molecule has 0 unspecified atom stereocenters. The summed E-state index contributed by atoms with van der Waals surface area (Å²) in [5, 5.41) is 1.91. The highest BCUT2D eigenvalue weighted by Crippen LogP contribution is 2.46. The van der Waals surface area contributed by atoms with Crippen LogP contribution in [0.4, 0.5) is 4.39 Å². The van der Waals surface area contributed by atoms with Crippen molar-refractivity contribution < 1.29 is 9.23 Å². The molecule has 1 aromatic heterocycles. The smallest absolute Gasteiger partial charge is 0.123 e. The number of aromatic nitrogens is 2. The maximum absolute atomic E-state index is 13.5. The van der Waals surface area contributed by atoms with Crippen molar-refractivity contribution in [2.24, 2.45) is 0 Å². The Balaban J connectivity index is 1.74. The van der Waals surface area contributed by atoms with E-state index in [9.17, 15) is 4.39 Å². The lowest BCUT2D eigenvalue weighted by atomic mass is 9.83. The first-order valence-corrected chi connectivity index (χ1v) is 8.35. The van der Waals surface area contributed by atoms with Crippen LogP contribution in [0.5, 0.6) is 0 Å². The van der Waals surface area contributed by atoms with E-state index in [1.807, 2.05) is 53.2 Å². The van der Waals surface area contributed by atoms with E-state index in [1.165, 1.54) is 12.1 Å². The molecule has 0 aliphatic carbocycles. The summed E-state index contributed by atoms with van der Waals surface area (Å²) in [5.74, 6) is -0.234. The van der Waals surface area contributed by atoms with Crippen molar-refractivity contribution in [1.82, 2.24) is 14.6 Å². The van der Waals surface area contributed by atoms with Gasteiger partial charge in [-0.25, -0.2) is 9.37 Å². The van der Waals surface area contributed by atoms with Gasteiger partial charge in [-0.1, -0.05) is 42.5 Å². The molecule has 5 heteroatoms. The van der Waals surface area contributed by atoms with Gasteiger partial charge in [0, 0.05) is 32.4 Å². The fourth-order valence-electron chi connectivity index (χ4n) is 3.61. The number of hydroxylamine groups is 2. The predicted molar refractivity (Wildman–Crippen MR) is 93.0 cm³/mol. The average Bonchev–Trinajstić information content (AvgIpc) is 3.25. The second-order valence-corrected chi connectivity index (χ2v) is 6.48. The normalized spacial score (nSPS) is 23.8. The number of hydrogen-bond acceptors (Lipinski definition) is 3. The number of benzene rings is 2. The van der Waals surface area contributed by atoms with Crippen LogP contribution in [0.15, 0.2) is 73.3 Å². The summed E-state index contributed by atoms with van der Waals surface area (Å²) < 4.78 is 15.5. The minimum Gasteiger partial charge on any atom is -0.335 e. The first-order valence-electron chi connectivity index (χ1n) is 8.35. The second-order valence-electron chi connectivity index (χ2n) is 6.48. The van der Waals surface area contributed by atoms with Crippen molar-refractivity contribution in [1.29, 1.82) is 0 Å². The number of nitrogens with zero attached hydrogens (tertiary/aromatic N) is 3. The molecule has 1 aliphatic heterocycles. The van der Waals surface area contributed by atoms with Crippen LogP contribution in [0.3, 0.4) is 0 Å². The van der Waals surface area contributed by atoms with E-state index in [-0.39, 0.29) is 11.9 Å². The van der Waals surface area contributed by atoms with Gasteiger partial charge in [-0.2, -0.15) is 5.06 Å². The summed E-state index contributed by atoms with van der Waals surface area (Å²) in [6.45, 7) is 0.679. The molecule has 1 saturated heterocycles. The van der Waals surface area contributed by atoms with Crippen LogP contribution in [-0.4, -0.2) is 21.7 Å². The second kappa shape index (κ2) is 6.43. The summed E-state index contributed by atoms with van der Waals surface area (Å²) in [6, 6.07) is 16.9. The molecule has 2 aromatic carbocycles. The zero-order valence-electron chi connectivity index (χ0n) is 14.0. The number of imidazole rings is 1. The number of halogens is 1. The van der Waals surface area contributed by atoms with Crippen molar-refractivity contribution in [3.8, 4) is 0 Å². The van der Waals surface area contributed by atoms with Gasteiger partial charge < -0.3 is 4.57 Å². The molecule has 0 amide bonds. The summed E-state index contributed by atoms with van der Waals surface area (Å²) in [6.07, 6.45) is 6.24. The number of hydrogen-bond donors (Lipinski definition) is 0. The first-order chi connectivity index (χ1) is 12.2. The number of likely N-dealkylation sites (N-methyl/N-ethyl adjacent to an activating group) is 1. The van der Waals surface area contributed by atoms with Gasteiger partial charge >= 0.3 is 0 Å². The summed E-state index contributed by atoms with van der Waals surface area (Å²) in [5.41, 5.74) is 1.78. The molecule has 2 heterocycles. The minimum absolute atomic E-state index is 0.0419. The predicted octanol–water partition coefficient (Wildman–Crippen LogP) is 3.93. The molecule has 1 fully saturated rings. The van der Waals surface area contributed by atoms with E-state index in [1.54, 1.807) is 12.5 Å². The Labute approximate surface area is 146 Å². The fourth-order valence-corrected chi connectivity index (χ4v) is 3.61. The van der Waals surface area contributed by atoms with Crippen LogP contribution in [0, 0.1) is 5.82 Å². The Kier molecular flexibility index (Phi) is 4.11. The van der Waals surface area contributed by atoms with Crippen LogP contribution in [-0.2, 0) is 16.9 Å². The highest BCUT2D eigenvalue weighted by molar-refractivity contribution is 5.28. The first kappa shape index (κ1) is 16.0. The molecular formula is C20H20FN3O. The van der Waals surface area contributed by atoms with E-state index < -0.39 is 5.54 Å². The third kappa shape index (κ3) is 2.97. The highest BCUT2D eigenvalue weighted by Gasteiger charge is 2.47. The molecule has 1 aliphatic rings. The highest BCUT2D eigenvalue weighted by atomic mass is 19.1. The van der Waals surface area contributed by atoms with Crippen molar-refractivity contribution in [2.45, 2.75) is 24.6 Å². The van der Waals surface area contributed by atoms with Crippen LogP contribution in [0.1, 0.15) is 23.7 Å². The Hall–Kier alpha value is -2.50. The van der Waals surface area contributed by atoms with E-state index in [2.05, 4.69) is 17.1 Å². The standard InChI is InChI=1S/C20H20FN3O/c1-23-20(14-24-12-11-22-15-24,17-7-9-18(21)10-8-17)13-19(25-23)16-5-3-2-4-6-16/h2-12,15,19H,13-14H2,1H3/t19-,20+/m0/s1. The van der Waals surface area contributed by atoms with Crippen molar-refractivity contribution >= 4 is 0 Å². The zero-order chi connectivity index (χ0) is 17.3. The third-order valence-electron chi connectivity index (χ3n) is 4.97. The molecule has 4 rings (SSSR count). The molecule has 0 bridgehead atoms. The minimum atomic E-state index is -0.394. The van der Waals surface area contributed by atoms with E-state index in [0.29, 0.717) is 6.54 Å². The van der Waals surface area contributed by atoms with Gasteiger partial charge in [-0.05, 0) is 23.3 Å². The third-order valence-corrected chi connectivity index (χ3v) is 4.97. The number of rotatable bonds is 4. The van der Waals surface area contributed by atoms with Gasteiger partial charge in [0.1, 0.15) is 11.9 Å². The van der Waals surface area contributed by atoms with Gasteiger partial charge in [0.25, 0.3) is 0 Å². The zero-order valence-corrected chi connectivity index (χ0v) is 14.0. The van der Waals surface area contributed by atoms with E-state index >= 15 is 0 Å². The maximum Gasteiger partial charge on any atom is 0.123 e. The van der Waals surface area contributed by atoms with Gasteiger partial charge in [0.05, 0.1) is 11.9 Å². The van der Waals surface area contributed by atoms with Crippen molar-refractivity contribution in [2.75, 3.05) is 7.05 Å². The van der Waals surface area contributed by atoms with Gasteiger partial charge in [-0.3, -0.25) is 4.84 Å². The molecule has 2 atom stereocenters. The quantitative estimate of drug-likeness (QED) is 0.723. The molecule has 0 radical (unpaired) electrons. The van der Waals surface area contributed by atoms with E-state index in [0.717, 1.165) is 17.5 Å². The Morgan fingerprint density at radius 1 is 1.16 bits per heavy atom. The Morgan fingerprint density at radius 3 is 2.60 bits per heavy atom. The van der Waals surface area contributed by atoms with Crippen LogP contribution in [0.2, 0.25) is 0 Å². The SMILES string of the molecule is CN1O[C@H](c2ccccc2)C[C@@]1(Cn1ccnc1)c1ccc(F)cc1. The maximum atomic E-state index is 13.5. The van der Waals surface area contributed by atoms with Crippen LogP contribution in [0.25, 0.3) is 0 Å². The lowest BCUT2D eigenvalue weighted by molar-refractivity contribution is -0.176. The molecule has 0 N–H and O–H groups in total. The Morgan fingerprint density at radius 2 is 1.92 bits per heavy atom. The molecule has 0 saturated carbocycles. The largest absolute Gasteiger partial charge is 0.335 e. The molecule has 0 spiro atoms.